The van der Waals surface area contributed by atoms with Crippen molar-refractivity contribution in [3.63, 3.8) is 0 Å². The van der Waals surface area contributed by atoms with Crippen LogP contribution in [0.25, 0.3) is 11.0 Å². The molecule has 0 saturated heterocycles. The van der Waals surface area contributed by atoms with Crippen LogP contribution in [-0.2, 0) is 0 Å². The van der Waals surface area contributed by atoms with Gasteiger partial charge in [-0.05, 0) is 36.4 Å². The first-order chi connectivity index (χ1) is 9.66. The predicted molar refractivity (Wildman–Crippen MR) is 77.7 cm³/mol. The molecule has 1 aromatic heterocycles. The van der Waals surface area contributed by atoms with Gasteiger partial charge in [-0.2, -0.15) is 0 Å². The Hall–Kier alpha value is -2.75. The molecule has 100 valence electrons. The van der Waals surface area contributed by atoms with E-state index < -0.39 is 5.97 Å². The van der Waals surface area contributed by atoms with Gasteiger partial charge < -0.3 is 14.4 Å². The fourth-order valence-electron chi connectivity index (χ4n) is 2.19. The second-order valence-electron chi connectivity index (χ2n) is 4.53. The molecule has 0 radical (unpaired) electrons. The van der Waals surface area contributed by atoms with Crippen LogP contribution in [0.1, 0.15) is 10.4 Å². The lowest BCUT2D eigenvalue weighted by molar-refractivity contribution is 0.0697. The van der Waals surface area contributed by atoms with E-state index in [-0.39, 0.29) is 5.56 Å². The van der Waals surface area contributed by atoms with Crippen LogP contribution in [0.2, 0.25) is 0 Å². The largest absolute Gasteiger partial charge is 0.478 e. The van der Waals surface area contributed by atoms with E-state index in [2.05, 4.69) is 0 Å². The zero-order valence-corrected chi connectivity index (χ0v) is 10.9. The Morgan fingerprint density at radius 2 is 1.80 bits per heavy atom. The van der Waals surface area contributed by atoms with Crippen LogP contribution in [0.15, 0.2) is 59.2 Å². The topological polar surface area (TPSA) is 53.7 Å². The Kier molecular flexibility index (Phi) is 2.91. The molecular weight excluding hydrogens is 254 g/mol. The van der Waals surface area contributed by atoms with E-state index in [1.807, 2.05) is 36.2 Å². The summed E-state index contributed by atoms with van der Waals surface area (Å²) in [7, 11) is 1.92. The van der Waals surface area contributed by atoms with Crippen molar-refractivity contribution in [2.45, 2.75) is 0 Å². The highest BCUT2D eigenvalue weighted by atomic mass is 16.4. The van der Waals surface area contributed by atoms with Crippen LogP contribution in [0.5, 0.6) is 0 Å². The van der Waals surface area contributed by atoms with Crippen LogP contribution >= 0.6 is 0 Å². The zero-order chi connectivity index (χ0) is 14.1. The Morgan fingerprint density at radius 1 is 1.10 bits per heavy atom. The molecular formula is C16H13NO3. The van der Waals surface area contributed by atoms with Crippen LogP contribution < -0.4 is 4.90 Å². The molecule has 20 heavy (non-hydrogen) atoms. The third-order valence-corrected chi connectivity index (χ3v) is 3.32. The molecule has 3 aromatic rings. The van der Waals surface area contributed by atoms with Crippen LogP contribution in [0, 0.1) is 0 Å². The molecule has 4 heteroatoms. The fourth-order valence-corrected chi connectivity index (χ4v) is 2.19. The van der Waals surface area contributed by atoms with Gasteiger partial charge in [0.05, 0.1) is 11.3 Å². The van der Waals surface area contributed by atoms with Crippen LogP contribution in [-0.4, -0.2) is 18.1 Å². The maximum Gasteiger partial charge on any atom is 0.335 e. The zero-order valence-electron chi connectivity index (χ0n) is 10.9. The Bertz CT molecular complexity index is 759. The van der Waals surface area contributed by atoms with Gasteiger partial charge in [0.15, 0.2) is 0 Å². The van der Waals surface area contributed by atoms with Gasteiger partial charge in [-0.1, -0.05) is 12.1 Å². The Balaban J connectivity index is 1.99. The summed E-state index contributed by atoms with van der Waals surface area (Å²) in [5.41, 5.74) is 2.96. The molecule has 2 aromatic carbocycles. The lowest BCUT2D eigenvalue weighted by atomic mass is 10.2. The number of para-hydroxylation sites is 1. The van der Waals surface area contributed by atoms with Crippen molar-refractivity contribution in [1.29, 1.82) is 0 Å². The first-order valence-electron chi connectivity index (χ1n) is 6.20. The number of rotatable bonds is 3. The molecule has 0 unspecified atom stereocenters. The molecule has 0 aliphatic carbocycles. The first kappa shape index (κ1) is 12.3. The number of aromatic carboxylic acids is 1. The average Bonchev–Trinajstić information content (AvgIpc) is 2.90. The molecule has 0 spiro atoms. The second kappa shape index (κ2) is 4.74. The van der Waals surface area contributed by atoms with Crippen molar-refractivity contribution in [1.82, 2.24) is 0 Å². The minimum atomic E-state index is -0.923. The summed E-state index contributed by atoms with van der Waals surface area (Å²) in [6, 6.07) is 14.6. The summed E-state index contributed by atoms with van der Waals surface area (Å²) < 4.78 is 5.52. The highest BCUT2D eigenvalue weighted by Gasteiger charge is 2.11. The number of hydrogen-bond donors (Lipinski definition) is 1. The maximum atomic E-state index is 10.9. The van der Waals surface area contributed by atoms with E-state index in [1.54, 1.807) is 30.5 Å². The third kappa shape index (κ3) is 2.01. The number of carboxylic acids is 1. The molecule has 0 saturated carbocycles. The molecule has 0 aliphatic heterocycles. The quantitative estimate of drug-likeness (QED) is 0.782. The van der Waals surface area contributed by atoms with Gasteiger partial charge >= 0.3 is 5.97 Å². The van der Waals surface area contributed by atoms with E-state index in [4.69, 9.17) is 9.52 Å². The van der Waals surface area contributed by atoms with E-state index in [1.165, 1.54) is 0 Å². The van der Waals surface area contributed by atoms with Gasteiger partial charge in [0, 0.05) is 18.1 Å². The number of furan rings is 1. The van der Waals surface area contributed by atoms with E-state index in [0.717, 1.165) is 22.3 Å². The maximum absolute atomic E-state index is 10.9. The molecule has 0 amide bonds. The number of benzene rings is 2. The fraction of sp³-hybridized carbons (Fsp3) is 0.0625. The number of carboxylic acid groups (broad SMARTS) is 1. The highest BCUT2D eigenvalue weighted by molar-refractivity contribution is 5.93. The van der Waals surface area contributed by atoms with Crippen LogP contribution in [0.3, 0.4) is 0 Å². The molecule has 3 rings (SSSR count). The molecule has 0 aliphatic rings. The van der Waals surface area contributed by atoms with Gasteiger partial charge in [-0.15, -0.1) is 0 Å². The third-order valence-electron chi connectivity index (χ3n) is 3.32. The lowest BCUT2D eigenvalue weighted by Crippen LogP contribution is -2.09. The van der Waals surface area contributed by atoms with Gasteiger partial charge in [-0.25, -0.2) is 4.79 Å². The summed E-state index contributed by atoms with van der Waals surface area (Å²) in [6.45, 7) is 0. The normalized spacial score (nSPS) is 10.7. The van der Waals surface area contributed by atoms with Crippen molar-refractivity contribution in [2.24, 2.45) is 0 Å². The summed E-state index contributed by atoms with van der Waals surface area (Å²) in [6.07, 6.45) is 1.70. The van der Waals surface area contributed by atoms with Gasteiger partial charge in [0.2, 0.25) is 0 Å². The number of carbonyl (C=O) groups is 1. The van der Waals surface area contributed by atoms with Crippen molar-refractivity contribution < 1.29 is 14.3 Å². The van der Waals surface area contributed by atoms with Crippen molar-refractivity contribution in [3.05, 3.63) is 60.4 Å². The highest BCUT2D eigenvalue weighted by Crippen LogP contribution is 2.32. The SMILES string of the molecule is CN(c1ccc(C(=O)O)cc1)c1coc2ccccc12. The van der Waals surface area contributed by atoms with Crippen LogP contribution in [0.4, 0.5) is 11.4 Å². The minimum Gasteiger partial charge on any atom is -0.478 e. The molecule has 0 atom stereocenters. The molecule has 1 heterocycles. The second-order valence-corrected chi connectivity index (χ2v) is 4.53. The monoisotopic (exact) mass is 267 g/mol. The molecule has 4 nitrogen and oxygen atoms in total. The Morgan fingerprint density at radius 3 is 2.50 bits per heavy atom. The molecule has 0 bridgehead atoms. The summed E-state index contributed by atoms with van der Waals surface area (Å²) in [5, 5.41) is 9.94. The number of nitrogens with zero attached hydrogens (tertiary/aromatic N) is 1. The van der Waals surface area contributed by atoms with Crippen molar-refractivity contribution in [3.8, 4) is 0 Å². The smallest absolute Gasteiger partial charge is 0.335 e. The van der Waals surface area contributed by atoms with E-state index >= 15 is 0 Å². The summed E-state index contributed by atoms with van der Waals surface area (Å²) >= 11 is 0. The van der Waals surface area contributed by atoms with Gasteiger partial charge in [-0.3, -0.25) is 0 Å². The average molecular weight is 267 g/mol. The minimum absolute atomic E-state index is 0.277. The lowest BCUT2D eigenvalue weighted by Gasteiger charge is -2.17. The van der Waals surface area contributed by atoms with Gasteiger partial charge in [0.25, 0.3) is 0 Å². The predicted octanol–water partition coefficient (Wildman–Crippen LogP) is 3.90. The van der Waals surface area contributed by atoms with E-state index in [9.17, 15) is 4.79 Å². The number of anilines is 2. The van der Waals surface area contributed by atoms with E-state index in [0.29, 0.717) is 0 Å². The standard InChI is InChI=1S/C16H13NO3/c1-17(12-8-6-11(7-9-12)16(18)19)14-10-20-15-5-3-2-4-13(14)15/h2-10H,1H3,(H,18,19). The molecule has 0 fully saturated rings. The molecule has 1 N–H and O–H groups in total. The van der Waals surface area contributed by atoms with Crippen molar-refractivity contribution in [2.75, 3.05) is 11.9 Å². The number of hydrogen-bond acceptors (Lipinski definition) is 3. The van der Waals surface area contributed by atoms with Crippen molar-refractivity contribution >= 4 is 28.3 Å². The Labute approximate surface area is 115 Å². The summed E-state index contributed by atoms with van der Waals surface area (Å²) in [5.74, 6) is -0.923. The van der Waals surface area contributed by atoms with Gasteiger partial charge in [0.1, 0.15) is 11.8 Å². The number of fused-ring (bicyclic) bond motifs is 1. The summed E-state index contributed by atoms with van der Waals surface area (Å²) in [4.78, 5) is 12.8. The first-order valence-corrected chi connectivity index (χ1v) is 6.20.